The van der Waals surface area contributed by atoms with Crippen LogP contribution in [-0.2, 0) is 5.41 Å². The van der Waals surface area contributed by atoms with Crippen LogP contribution in [0.4, 0.5) is 11.8 Å². The molecular formula is C24H25N7. The lowest BCUT2D eigenvalue weighted by atomic mass is 9.86. The quantitative estimate of drug-likeness (QED) is 0.455. The summed E-state index contributed by atoms with van der Waals surface area (Å²) in [6, 6.07) is 16.2. The molecule has 0 unspecified atom stereocenters. The van der Waals surface area contributed by atoms with Gasteiger partial charge < -0.3 is 10.6 Å². The number of benzene rings is 1. The predicted molar refractivity (Wildman–Crippen MR) is 123 cm³/mol. The maximum absolute atomic E-state index is 8.86. The molecule has 3 aromatic heterocycles. The molecule has 3 heterocycles. The van der Waals surface area contributed by atoms with E-state index in [1.165, 1.54) is 5.56 Å². The fraction of sp³-hybridized carbons (Fsp3) is 0.250. The highest BCUT2D eigenvalue weighted by Gasteiger charge is 2.14. The van der Waals surface area contributed by atoms with Crippen LogP contribution in [0.2, 0.25) is 0 Å². The average molecular weight is 412 g/mol. The van der Waals surface area contributed by atoms with Crippen molar-refractivity contribution in [2.75, 3.05) is 23.7 Å². The molecule has 0 saturated heterocycles. The van der Waals surface area contributed by atoms with Gasteiger partial charge >= 0.3 is 0 Å². The van der Waals surface area contributed by atoms with Crippen LogP contribution >= 0.6 is 0 Å². The van der Waals surface area contributed by atoms with Crippen molar-refractivity contribution in [3.05, 3.63) is 72.2 Å². The van der Waals surface area contributed by atoms with E-state index in [2.05, 4.69) is 71.7 Å². The smallest absolute Gasteiger partial charge is 0.209 e. The van der Waals surface area contributed by atoms with Crippen LogP contribution in [0.5, 0.6) is 0 Å². The molecule has 1 aromatic carbocycles. The van der Waals surface area contributed by atoms with Crippen LogP contribution in [0.1, 0.15) is 31.9 Å². The number of pyridine rings is 1. The lowest BCUT2D eigenvalue weighted by Crippen LogP contribution is -2.17. The molecule has 0 fully saturated rings. The summed E-state index contributed by atoms with van der Waals surface area (Å²) in [5, 5.41) is 15.5. The highest BCUT2D eigenvalue weighted by molar-refractivity contribution is 5.66. The summed E-state index contributed by atoms with van der Waals surface area (Å²) in [6.45, 7) is 7.93. The second-order valence-electron chi connectivity index (χ2n) is 8.35. The van der Waals surface area contributed by atoms with Crippen LogP contribution in [0.25, 0.3) is 16.9 Å². The van der Waals surface area contributed by atoms with Gasteiger partial charge in [0.2, 0.25) is 5.95 Å². The van der Waals surface area contributed by atoms with Gasteiger partial charge in [0.15, 0.2) is 0 Å². The maximum Gasteiger partial charge on any atom is 0.209 e. The van der Waals surface area contributed by atoms with Crippen molar-refractivity contribution in [3.8, 4) is 17.3 Å². The third-order valence-corrected chi connectivity index (χ3v) is 5.04. The number of hydrogen-bond acceptors (Lipinski definition) is 6. The monoisotopic (exact) mass is 411 g/mol. The summed E-state index contributed by atoms with van der Waals surface area (Å²) >= 11 is 0. The van der Waals surface area contributed by atoms with Crippen molar-refractivity contribution >= 4 is 17.4 Å². The molecule has 7 heteroatoms. The zero-order valence-electron chi connectivity index (χ0n) is 17.9. The number of hydrogen-bond donors (Lipinski definition) is 2. The lowest BCUT2D eigenvalue weighted by Gasteiger charge is -2.19. The van der Waals surface area contributed by atoms with Crippen molar-refractivity contribution in [1.29, 1.82) is 5.26 Å². The van der Waals surface area contributed by atoms with E-state index in [4.69, 9.17) is 10.2 Å². The molecule has 2 N–H and O–H groups in total. The Bertz CT molecular complexity index is 1210. The maximum atomic E-state index is 8.86. The Hall–Kier alpha value is -3.92. The number of nitriles is 1. The molecule has 0 saturated carbocycles. The van der Waals surface area contributed by atoms with Gasteiger partial charge in [-0.2, -0.15) is 5.26 Å². The largest absolute Gasteiger partial charge is 0.368 e. The second kappa shape index (κ2) is 8.44. The van der Waals surface area contributed by atoms with Gasteiger partial charge in [0.1, 0.15) is 17.5 Å². The molecule has 0 bridgehead atoms. The number of nitrogens with one attached hydrogen (secondary N) is 2. The summed E-state index contributed by atoms with van der Waals surface area (Å²) in [5.41, 5.74) is 4.73. The Morgan fingerprint density at radius 1 is 1.00 bits per heavy atom. The highest BCUT2D eigenvalue weighted by Crippen LogP contribution is 2.26. The molecule has 0 aliphatic carbocycles. The fourth-order valence-electron chi connectivity index (χ4n) is 3.27. The minimum Gasteiger partial charge on any atom is -0.368 e. The van der Waals surface area contributed by atoms with Gasteiger partial charge in [-0.1, -0.05) is 45.0 Å². The van der Waals surface area contributed by atoms with Gasteiger partial charge in [0, 0.05) is 43.3 Å². The van der Waals surface area contributed by atoms with Gasteiger partial charge in [-0.25, -0.2) is 15.0 Å². The molecule has 4 aromatic rings. The van der Waals surface area contributed by atoms with Crippen molar-refractivity contribution in [2.24, 2.45) is 0 Å². The Morgan fingerprint density at radius 3 is 2.45 bits per heavy atom. The topological polar surface area (TPSA) is 90.9 Å². The fourth-order valence-corrected chi connectivity index (χ4v) is 3.27. The SMILES string of the molecule is CC(C)(C)c1ccc(-c2cc3nccn3c(NCCNc3ccc(C#N)cn3)n2)cc1. The first-order valence-electron chi connectivity index (χ1n) is 10.2. The van der Waals surface area contributed by atoms with E-state index in [9.17, 15) is 0 Å². The van der Waals surface area contributed by atoms with Crippen molar-refractivity contribution in [1.82, 2.24) is 19.4 Å². The Labute approximate surface area is 181 Å². The van der Waals surface area contributed by atoms with Gasteiger partial charge in [-0.3, -0.25) is 4.40 Å². The number of anilines is 2. The molecular weight excluding hydrogens is 386 g/mol. The summed E-state index contributed by atoms with van der Waals surface area (Å²) in [6.07, 6.45) is 5.22. The standard InChI is InChI=1S/C24H25N7/c1-24(2,3)19-7-5-18(6-8-19)20-14-22-27-12-13-31(22)23(30-20)28-11-10-26-21-9-4-17(15-25)16-29-21/h4-9,12-14,16H,10-11H2,1-3H3,(H,26,29)(H,28,30). The zero-order chi connectivity index (χ0) is 21.8. The number of nitrogens with zero attached hydrogens (tertiary/aromatic N) is 5. The third kappa shape index (κ3) is 4.64. The number of fused-ring (bicyclic) bond motifs is 1. The Morgan fingerprint density at radius 2 is 1.77 bits per heavy atom. The predicted octanol–water partition coefficient (Wildman–Crippen LogP) is 4.48. The molecule has 156 valence electrons. The van der Waals surface area contributed by atoms with Gasteiger partial charge in [0.05, 0.1) is 11.3 Å². The van der Waals surface area contributed by atoms with Crippen LogP contribution in [0, 0.1) is 11.3 Å². The van der Waals surface area contributed by atoms with E-state index in [0.29, 0.717) is 18.7 Å². The normalized spacial score (nSPS) is 11.3. The summed E-state index contributed by atoms with van der Waals surface area (Å²) in [4.78, 5) is 13.5. The first-order valence-corrected chi connectivity index (χ1v) is 10.2. The zero-order valence-corrected chi connectivity index (χ0v) is 17.9. The molecule has 0 radical (unpaired) electrons. The van der Waals surface area contributed by atoms with Crippen LogP contribution in [-0.4, -0.2) is 32.4 Å². The van der Waals surface area contributed by atoms with E-state index >= 15 is 0 Å². The number of rotatable bonds is 6. The van der Waals surface area contributed by atoms with Gasteiger partial charge in [-0.05, 0) is 23.1 Å². The first-order chi connectivity index (χ1) is 14.9. The van der Waals surface area contributed by atoms with Gasteiger partial charge in [0.25, 0.3) is 0 Å². The average Bonchev–Trinajstić information content (AvgIpc) is 3.25. The van der Waals surface area contributed by atoms with E-state index in [1.54, 1.807) is 24.5 Å². The molecule has 0 aliphatic rings. The highest BCUT2D eigenvalue weighted by atomic mass is 15.2. The van der Waals surface area contributed by atoms with E-state index in [-0.39, 0.29) is 5.41 Å². The summed E-state index contributed by atoms with van der Waals surface area (Å²) in [5.74, 6) is 1.47. The molecule has 0 atom stereocenters. The molecule has 31 heavy (non-hydrogen) atoms. The first kappa shape index (κ1) is 20.4. The molecule has 0 amide bonds. The van der Waals surface area contributed by atoms with Crippen molar-refractivity contribution in [2.45, 2.75) is 26.2 Å². The molecule has 0 spiro atoms. The lowest BCUT2D eigenvalue weighted by molar-refractivity contribution is 0.590. The van der Waals surface area contributed by atoms with Crippen molar-refractivity contribution in [3.63, 3.8) is 0 Å². The Kier molecular flexibility index (Phi) is 5.54. The Balaban J connectivity index is 1.48. The number of imidazole rings is 1. The van der Waals surface area contributed by atoms with Crippen LogP contribution in [0.3, 0.4) is 0 Å². The van der Waals surface area contributed by atoms with E-state index < -0.39 is 0 Å². The molecule has 4 rings (SSSR count). The minimum atomic E-state index is 0.114. The molecule has 0 aliphatic heterocycles. The van der Waals surface area contributed by atoms with E-state index in [1.807, 2.05) is 16.7 Å². The minimum absolute atomic E-state index is 0.114. The summed E-state index contributed by atoms with van der Waals surface area (Å²) < 4.78 is 1.94. The molecule has 7 nitrogen and oxygen atoms in total. The van der Waals surface area contributed by atoms with Crippen LogP contribution in [0.15, 0.2) is 61.1 Å². The van der Waals surface area contributed by atoms with Crippen LogP contribution < -0.4 is 10.6 Å². The number of aromatic nitrogens is 4. The van der Waals surface area contributed by atoms with Gasteiger partial charge in [-0.15, -0.1) is 0 Å². The third-order valence-electron chi connectivity index (χ3n) is 5.04. The summed E-state index contributed by atoms with van der Waals surface area (Å²) in [7, 11) is 0. The van der Waals surface area contributed by atoms with E-state index in [0.717, 1.165) is 28.7 Å². The van der Waals surface area contributed by atoms with Crippen molar-refractivity contribution < 1.29 is 0 Å². The second-order valence-corrected chi connectivity index (χ2v) is 8.35.